The number of carbonyl (C=O) groups is 1. The van der Waals surface area contributed by atoms with Gasteiger partial charge in [-0.05, 0) is 12.5 Å². The van der Waals surface area contributed by atoms with Crippen LogP contribution in [0.5, 0.6) is 0 Å². The summed E-state index contributed by atoms with van der Waals surface area (Å²) in [4.78, 5) is 11.4. The van der Waals surface area contributed by atoms with Crippen LogP contribution in [0.1, 0.15) is 25.0 Å². The molecule has 2 N–H and O–H groups in total. The Labute approximate surface area is 113 Å². The zero-order valence-corrected chi connectivity index (χ0v) is 11.5. The van der Waals surface area contributed by atoms with Gasteiger partial charge in [0.25, 0.3) is 0 Å². The third-order valence-electron chi connectivity index (χ3n) is 2.52. The van der Waals surface area contributed by atoms with E-state index in [4.69, 9.17) is 16.3 Å². The van der Waals surface area contributed by atoms with Crippen molar-refractivity contribution < 1.29 is 9.53 Å². The zero-order valence-electron chi connectivity index (χ0n) is 10.7. The number of amides is 2. The highest BCUT2D eigenvalue weighted by Gasteiger charge is 2.14. The number of benzene rings is 1. The second-order valence-corrected chi connectivity index (χ2v) is 4.29. The summed E-state index contributed by atoms with van der Waals surface area (Å²) in [5.41, 5.74) is 0.873. The quantitative estimate of drug-likeness (QED) is 0.835. The standard InChI is InChI=1S/C13H19ClN2O2/c1-3-8-15-13(17)16-9-12(18-2)10-6-4-5-7-11(10)14/h4-7,12H,3,8-9H2,1-2H3,(H2,15,16,17). The molecule has 0 aromatic heterocycles. The zero-order chi connectivity index (χ0) is 13.4. The number of ether oxygens (including phenoxy) is 1. The fourth-order valence-electron chi connectivity index (χ4n) is 1.54. The number of rotatable bonds is 6. The van der Waals surface area contributed by atoms with Crippen LogP contribution in [0.25, 0.3) is 0 Å². The fourth-order valence-corrected chi connectivity index (χ4v) is 1.80. The third kappa shape index (κ3) is 4.55. The van der Waals surface area contributed by atoms with E-state index in [1.807, 2.05) is 25.1 Å². The Hall–Kier alpha value is -1.26. The molecule has 100 valence electrons. The van der Waals surface area contributed by atoms with E-state index in [0.717, 1.165) is 12.0 Å². The van der Waals surface area contributed by atoms with Gasteiger partial charge >= 0.3 is 6.03 Å². The van der Waals surface area contributed by atoms with Gasteiger partial charge < -0.3 is 15.4 Å². The third-order valence-corrected chi connectivity index (χ3v) is 2.86. The van der Waals surface area contributed by atoms with Gasteiger partial charge in [0.1, 0.15) is 6.10 Å². The van der Waals surface area contributed by atoms with Crippen LogP contribution >= 0.6 is 11.6 Å². The van der Waals surface area contributed by atoms with Crippen molar-refractivity contribution >= 4 is 17.6 Å². The molecule has 0 radical (unpaired) electrons. The van der Waals surface area contributed by atoms with Crippen molar-refractivity contribution in [3.05, 3.63) is 34.9 Å². The van der Waals surface area contributed by atoms with Gasteiger partial charge in [-0.3, -0.25) is 0 Å². The predicted molar refractivity (Wildman–Crippen MR) is 72.9 cm³/mol. The SMILES string of the molecule is CCCNC(=O)NCC(OC)c1ccccc1Cl. The first-order valence-corrected chi connectivity index (χ1v) is 6.35. The molecule has 0 heterocycles. The van der Waals surface area contributed by atoms with Crippen LogP contribution in [-0.2, 0) is 4.74 Å². The molecule has 0 aliphatic heterocycles. The predicted octanol–water partition coefficient (Wildman–Crippen LogP) is 2.74. The molecule has 2 amide bonds. The Morgan fingerprint density at radius 1 is 1.39 bits per heavy atom. The molecule has 0 aliphatic carbocycles. The molecule has 0 spiro atoms. The lowest BCUT2D eigenvalue weighted by molar-refractivity contribution is 0.104. The summed E-state index contributed by atoms with van der Waals surface area (Å²) in [6.45, 7) is 3.05. The molecule has 0 saturated carbocycles. The molecule has 0 saturated heterocycles. The maximum absolute atomic E-state index is 11.4. The van der Waals surface area contributed by atoms with E-state index in [2.05, 4.69) is 10.6 Å². The Kier molecular flexibility index (Phi) is 6.54. The number of urea groups is 1. The van der Waals surface area contributed by atoms with Crippen molar-refractivity contribution in [1.82, 2.24) is 10.6 Å². The van der Waals surface area contributed by atoms with E-state index in [9.17, 15) is 4.79 Å². The van der Waals surface area contributed by atoms with Crippen molar-refractivity contribution in [3.8, 4) is 0 Å². The van der Waals surface area contributed by atoms with Gasteiger partial charge in [-0.1, -0.05) is 36.7 Å². The first kappa shape index (κ1) is 14.8. The fraction of sp³-hybridized carbons (Fsp3) is 0.462. The van der Waals surface area contributed by atoms with Crippen LogP contribution in [0.4, 0.5) is 4.79 Å². The molecular weight excluding hydrogens is 252 g/mol. The number of halogens is 1. The average Bonchev–Trinajstić information content (AvgIpc) is 2.39. The molecule has 0 bridgehead atoms. The van der Waals surface area contributed by atoms with Crippen LogP contribution in [0, 0.1) is 0 Å². The van der Waals surface area contributed by atoms with Gasteiger partial charge in [-0.25, -0.2) is 4.79 Å². The summed E-state index contributed by atoms with van der Waals surface area (Å²) in [6, 6.07) is 7.26. The van der Waals surface area contributed by atoms with Gasteiger partial charge in [0.05, 0.1) is 0 Å². The normalized spacial score (nSPS) is 11.9. The second kappa shape index (κ2) is 7.95. The van der Waals surface area contributed by atoms with E-state index >= 15 is 0 Å². The summed E-state index contributed by atoms with van der Waals surface area (Å²) >= 11 is 6.09. The molecule has 18 heavy (non-hydrogen) atoms. The van der Waals surface area contributed by atoms with E-state index in [0.29, 0.717) is 18.1 Å². The van der Waals surface area contributed by atoms with Crippen molar-refractivity contribution in [1.29, 1.82) is 0 Å². The average molecular weight is 271 g/mol. The molecule has 1 atom stereocenters. The highest BCUT2D eigenvalue weighted by atomic mass is 35.5. The molecule has 0 fully saturated rings. The van der Waals surface area contributed by atoms with Gasteiger partial charge in [0, 0.05) is 30.8 Å². The number of hydrogen-bond donors (Lipinski definition) is 2. The smallest absolute Gasteiger partial charge is 0.314 e. The van der Waals surface area contributed by atoms with Gasteiger partial charge in [0.15, 0.2) is 0 Å². The van der Waals surface area contributed by atoms with E-state index < -0.39 is 0 Å². The summed E-state index contributed by atoms with van der Waals surface area (Å²) in [5.74, 6) is 0. The highest BCUT2D eigenvalue weighted by Crippen LogP contribution is 2.24. The maximum atomic E-state index is 11.4. The summed E-state index contributed by atoms with van der Waals surface area (Å²) in [6.07, 6.45) is 0.664. The van der Waals surface area contributed by atoms with Gasteiger partial charge in [-0.2, -0.15) is 0 Å². The first-order chi connectivity index (χ1) is 8.69. The van der Waals surface area contributed by atoms with Crippen LogP contribution in [0.15, 0.2) is 24.3 Å². The van der Waals surface area contributed by atoms with Crippen molar-refractivity contribution in [3.63, 3.8) is 0 Å². The van der Waals surface area contributed by atoms with Crippen molar-refractivity contribution in [2.45, 2.75) is 19.4 Å². The molecule has 1 aromatic rings. The van der Waals surface area contributed by atoms with Crippen molar-refractivity contribution in [2.75, 3.05) is 20.2 Å². The number of methoxy groups -OCH3 is 1. The molecule has 0 aliphatic rings. The molecule has 1 unspecified atom stereocenters. The largest absolute Gasteiger partial charge is 0.375 e. The minimum absolute atomic E-state index is 0.189. The van der Waals surface area contributed by atoms with Crippen LogP contribution in [-0.4, -0.2) is 26.2 Å². The van der Waals surface area contributed by atoms with E-state index in [1.165, 1.54) is 0 Å². The molecule has 1 aromatic carbocycles. The summed E-state index contributed by atoms with van der Waals surface area (Å²) in [7, 11) is 1.60. The van der Waals surface area contributed by atoms with E-state index in [1.54, 1.807) is 13.2 Å². The maximum Gasteiger partial charge on any atom is 0.314 e. The molecule has 5 heteroatoms. The van der Waals surface area contributed by atoms with Gasteiger partial charge in [0.2, 0.25) is 0 Å². The molecular formula is C13H19ClN2O2. The Balaban J connectivity index is 2.53. The molecule has 4 nitrogen and oxygen atoms in total. The van der Waals surface area contributed by atoms with E-state index in [-0.39, 0.29) is 12.1 Å². The van der Waals surface area contributed by atoms with Crippen molar-refractivity contribution in [2.24, 2.45) is 0 Å². The van der Waals surface area contributed by atoms with Crippen LogP contribution in [0.2, 0.25) is 5.02 Å². The minimum atomic E-state index is -0.244. The summed E-state index contributed by atoms with van der Waals surface area (Å²) < 4.78 is 5.35. The first-order valence-electron chi connectivity index (χ1n) is 5.98. The Bertz CT molecular complexity index is 385. The lowest BCUT2D eigenvalue weighted by atomic mass is 10.1. The lowest BCUT2D eigenvalue weighted by Crippen LogP contribution is -2.38. The number of carbonyl (C=O) groups excluding carboxylic acids is 1. The Morgan fingerprint density at radius 2 is 2.11 bits per heavy atom. The lowest BCUT2D eigenvalue weighted by Gasteiger charge is -2.17. The highest BCUT2D eigenvalue weighted by molar-refractivity contribution is 6.31. The van der Waals surface area contributed by atoms with Gasteiger partial charge in [-0.15, -0.1) is 0 Å². The summed E-state index contributed by atoms with van der Waals surface area (Å²) in [5, 5.41) is 6.14. The second-order valence-electron chi connectivity index (χ2n) is 3.88. The van der Waals surface area contributed by atoms with Crippen LogP contribution < -0.4 is 10.6 Å². The monoisotopic (exact) mass is 270 g/mol. The molecule has 1 rings (SSSR count). The topological polar surface area (TPSA) is 50.4 Å². The minimum Gasteiger partial charge on any atom is -0.375 e. The van der Waals surface area contributed by atoms with Crippen LogP contribution in [0.3, 0.4) is 0 Å². The number of nitrogens with one attached hydrogen (secondary N) is 2. The Morgan fingerprint density at radius 3 is 2.72 bits per heavy atom. The number of hydrogen-bond acceptors (Lipinski definition) is 2.